The summed E-state index contributed by atoms with van der Waals surface area (Å²) in [4.78, 5) is 14.4. The van der Waals surface area contributed by atoms with Gasteiger partial charge in [-0.3, -0.25) is 4.79 Å². The van der Waals surface area contributed by atoms with Gasteiger partial charge in [0.05, 0.1) is 5.39 Å². The third-order valence-electron chi connectivity index (χ3n) is 1.95. The monoisotopic (exact) mass is 227 g/mol. The van der Waals surface area contributed by atoms with Crippen molar-refractivity contribution < 1.29 is 4.55 Å². The van der Waals surface area contributed by atoms with Crippen molar-refractivity contribution in [3.63, 3.8) is 0 Å². The molecule has 0 saturated carbocycles. The molecule has 0 saturated heterocycles. The van der Waals surface area contributed by atoms with Gasteiger partial charge in [0.15, 0.2) is 15.6 Å². The van der Waals surface area contributed by atoms with Crippen LogP contribution in [0.3, 0.4) is 0 Å². The van der Waals surface area contributed by atoms with Crippen LogP contribution in [0.2, 0.25) is 0 Å². The van der Waals surface area contributed by atoms with Crippen molar-refractivity contribution in [3.05, 3.63) is 40.8 Å². The molecule has 0 aliphatic carbocycles. The maximum atomic E-state index is 11.4. The lowest BCUT2D eigenvalue weighted by Gasteiger charge is -2.02. The number of rotatable bonds is 1. The zero-order valence-electron chi connectivity index (χ0n) is 6.99. The minimum Gasteiger partial charge on any atom is -0.594 e. The van der Waals surface area contributed by atoms with Crippen molar-refractivity contribution in [3.8, 4) is 0 Å². The van der Waals surface area contributed by atoms with E-state index in [2.05, 4.69) is 4.98 Å². The van der Waals surface area contributed by atoms with Crippen LogP contribution in [0.1, 0.15) is 0 Å². The molecule has 1 aromatic heterocycles. The molecule has 0 radical (unpaired) electrons. The molecule has 0 bridgehead atoms. The summed E-state index contributed by atoms with van der Waals surface area (Å²) >= 11 is 0. The predicted molar refractivity (Wildman–Crippen MR) is 56.8 cm³/mol. The number of benzene rings is 1. The molecule has 0 aliphatic heterocycles. The summed E-state index contributed by atoms with van der Waals surface area (Å²) in [5, 5.41) is 1.13. The summed E-state index contributed by atoms with van der Waals surface area (Å²) in [5.41, 5.74) is -0.202. The van der Waals surface area contributed by atoms with E-state index in [1.807, 2.05) is 0 Å². The number of hydrogen-bond acceptors (Lipinski definition) is 2. The summed E-state index contributed by atoms with van der Waals surface area (Å²) in [6.07, 6.45) is 1.51. The summed E-state index contributed by atoms with van der Waals surface area (Å²) in [6, 6.07) is 6.66. The molecule has 1 unspecified atom stereocenters. The maximum absolute atomic E-state index is 11.4. The topological polar surface area (TPSA) is 55.9 Å². The van der Waals surface area contributed by atoms with Crippen LogP contribution in [-0.2, 0) is 10.4 Å². The number of pyridine rings is 1. The van der Waals surface area contributed by atoms with E-state index in [1.165, 1.54) is 6.20 Å². The summed E-state index contributed by atoms with van der Waals surface area (Å²) < 4.78 is 11.1. The summed E-state index contributed by atoms with van der Waals surface area (Å²) in [7, 11) is 3.90. The number of aromatic nitrogens is 1. The van der Waals surface area contributed by atoms with E-state index in [0.717, 1.165) is 0 Å². The number of halogens is 1. The lowest BCUT2D eigenvalue weighted by atomic mass is 10.2. The van der Waals surface area contributed by atoms with Crippen LogP contribution in [0.25, 0.3) is 10.8 Å². The molecule has 5 heteroatoms. The van der Waals surface area contributed by atoms with Gasteiger partial charge in [0.25, 0.3) is 5.56 Å². The Morgan fingerprint density at radius 3 is 2.79 bits per heavy atom. The van der Waals surface area contributed by atoms with Gasteiger partial charge in [0.2, 0.25) is 0 Å². The lowest BCUT2D eigenvalue weighted by Crippen LogP contribution is -2.05. The minimum absolute atomic E-state index is 0.202. The van der Waals surface area contributed by atoms with Gasteiger partial charge in [0, 0.05) is 11.6 Å². The molecule has 1 atom stereocenters. The zero-order valence-corrected chi connectivity index (χ0v) is 8.56. The molecule has 1 heterocycles. The highest BCUT2D eigenvalue weighted by atomic mass is 35.7. The molecule has 0 fully saturated rings. The molecule has 72 valence electrons. The van der Waals surface area contributed by atoms with E-state index in [1.54, 1.807) is 24.3 Å². The smallest absolute Gasteiger partial charge is 0.255 e. The predicted octanol–water partition coefficient (Wildman–Crippen LogP) is 1.79. The molecule has 3 nitrogen and oxygen atoms in total. The van der Waals surface area contributed by atoms with Gasteiger partial charge in [-0.15, -0.1) is 0 Å². The second-order valence-corrected chi connectivity index (χ2v) is 4.48. The van der Waals surface area contributed by atoms with Gasteiger partial charge in [-0.25, -0.2) is 0 Å². The lowest BCUT2D eigenvalue weighted by molar-refractivity contribution is 0.609. The third kappa shape index (κ3) is 1.52. The number of H-pyrrole nitrogens is 1. The van der Waals surface area contributed by atoms with Gasteiger partial charge in [-0.2, -0.15) is 0 Å². The Labute approximate surface area is 87.4 Å². The van der Waals surface area contributed by atoms with Crippen LogP contribution in [0.15, 0.2) is 40.2 Å². The van der Waals surface area contributed by atoms with Gasteiger partial charge >= 0.3 is 0 Å². The molecule has 2 rings (SSSR count). The van der Waals surface area contributed by atoms with Crippen molar-refractivity contribution in [1.29, 1.82) is 0 Å². The van der Waals surface area contributed by atoms with Crippen LogP contribution in [-0.4, -0.2) is 9.54 Å². The molecule has 0 spiro atoms. The van der Waals surface area contributed by atoms with Gasteiger partial charge in [-0.1, -0.05) is 6.07 Å². The van der Waals surface area contributed by atoms with E-state index in [0.29, 0.717) is 15.7 Å². The second kappa shape index (κ2) is 3.65. The standard InChI is InChI=1S/C9H6ClNO2S/c10-14(13)8-3-1-2-7-6(8)4-5-11-9(7)12/h1-5H,(H,11,12). The highest BCUT2D eigenvalue weighted by molar-refractivity contribution is 8.13. The van der Waals surface area contributed by atoms with Crippen molar-refractivity contribution in [2.45, 2.75) is 4.90 Å². The fourth-order valence-corrected chi connectivity index (χ4v) is 2.27. The van der Waals surface area contributed by atoms with E-state index < -0.39 is 10.4 Å². The van der Waals surface area contributed by atoms with E-state index in [4.69, 9.17) is 10.7 Å². The first-order valence-corrected chi connectivity index (χ1v) is 5.86. The van der Waals surface area contributed by atoms with Crippen LogP contribution in [0, 0.1) is 0 Å². The van der Waals surface area contributed by atoms with Crippen molar-refractivity contribution in [2.75, 3.05) is 0 Å². The average molecular weight is 228 g/mol. The molecule has 1 N–H and O–H groups in total. The number of nitrogens with one attached hydrogen (secondary N) is 1. The second-order valence-electron chi connectivity index (χ2n) is 2.75. The number of hydrogen-bond donors (Lipinski definition) is 1. The molecule has 0 amide bonds. The summed E-state index contributed by atoms with van der Waals surface area (Å²) in [6.45, 7) is 0. The molecular formula is C9H6ClNO2S. The highest BCUT2D eigenvalue weighted by Gasteiger charge is 2.13. The Kier molecular flexibility index (Phi) is 2.50. The Balaban J connectivity index is 2.88. The van der Waals surface area contributed by atoms with E-state index in [9.17, 15) is 9.35 Å². The van der Waals surface area contributed by atoms with E-state index in [-0.39, 0.29) is 5.56 Å². The Morgan fingerprint density at radius 2 is 2.07 bits per heavy atom. The van der Waals surface area contributed by atoms with Crippen LogP contribution in [0.5, 0.6) is 0 Å². The normalized spacial score (nSPS) is 13.0. The molecule has 14 heavy (non-hydrogen) atoms. The SMILES string of the molecule is O=c1[nH]ccc2c([S+]([O-])Cl)cccc12. The maximum Gasteiger partial charge on any atom is 0.255 e. The first-order chi connectivity index (χ1) is 6.70. The fraction of sp³-hybridized carbons (Fsp3) is 0. The van der Waals surface area contributed by atoms with E-state index >= 15 is 0 Å². The van der Waals surface area contributed by atoms with Crippen LogP contribution < -0.4 is 5.56 Å². The summed E-state index contributed by atoms with van der Waals surface area (Å²) in [5.74, 6) is 0. The largest absolute Gasteiger partial charge is 0.594 e. The average Bonchev–Trinajstić information content (AvgIpc) is 2.17. The first kappa shape index (κ1) is 9.58. The van der Waals surface area contributed by atoms with Crippen LogP contribution >= 0.6 is 10.7 Å². The molecule has 2 aromatic rings. The van der Waals surface area contributed by atoms with Gasteiger partial charge < -0.3 is 9.54 Å². The van der Waals surface area contributed by atoms with Crippen molar-refractivity contribution >= 4 is 31.8 Å². The molecule has 1 aromatic carbocycles. The minimum atomic E-state index is -1.59. The zero-order chi connectivity index (χ0) is 10.1. The Hall–Kier alpha value is -0.970. The third-order valence-corrected chi connectivity index (χ3v) is 3.15. The first-order valence-electron chi connectivity index (χ1n) is 3.88. The number of fused-ring (bicyclic) bond motifs is 1. The Bertz CT molecular complexity index is 523. The number of aromatic amines is 1. The Morgan fingerprint density at radius 1 is 1.29 bits per heavy atom. The molecular weight excluding hydrogens is 222 g/mol. The van der Waals surface area contributed by atoms with Crippen LogP contribution in [0.4, 0.5) is 0 Å². The van der Waals surface area contributed by atoms with Crippen molar-refractivity contribution in [1.82, 2.24) is 4.98 Å². The molecule has 0 aliphatic rings. The van der Waals surface area contributed by atoms with Gasteiger partial charge in [-0.05, 0) is 18.2 Å². The highest BCUT2D eigenvalue weighted by Crippen LogP contribution is 2.22. The quantitative estimate of drug-likeness (QED) is 0.756. The van der Waals surface area contributed by atoms with Gasteiger partial charge in [0.1, 0.15) is 10.4 Å². The van der Waals surface area contributed by atoms with Crippen molar-refractivity contribution in [2.24, 2.45) is 0 Å². The fourth-order valence-electron chi connectivity index (χ4n) is 1.33.